The van der Waals surface area contributed by atoms with Gasteiger partial charge in [0, 0.05) is 13.3 Å². The second kappa shape index (κ2) is 9.30. The lowest BCUT2D eigenvalue weighted by Crippen LogP contribution is -2.21. The van der Waals surface area contributed by atoms with E-state index in [0.29, 0.717) is 19.6 Å². The number of benzene rings is 1. The molecule has 0 saturated heterocycles. The lowest BCUT2D eigenvalue weighted by molar-refractivity contribution is -0.149. The van der Waals surface area contributed by atoms with Crippen LogP contribution in [0, 0.1) is 0 Å². The molecule has 19 heavy (non-hydrogen) atoms. The van der Waals surface area contributed by atoms with E-state index in [0.717, 1.165) is 5.56 Å². The van der Waals surface area contributed by atoms with Crippen LogP contribution in [0.2, 0.25) is 0 Å². The highest BCUT2D eigenvalue weighted by Gasteiger charge is 2.10. The van der Waals surface area contributed by atoms with Crippen molar-refractivity contribution in [1.29, 1.82) is 0 Å². The zero-order valence-corrected chi connectivity index (χ0v) is 11.1. The molecule has 1 aromatic carbocycles. The Kier molecular flexibility index (Phi) is 7.54. The third-order valence-electron chi connectivity index (χ3n) is 2.42. The molecule has 4 nitrogen and oxygen atoms in total. The minimum absolute atomic E-state index is 0.0162. The molecule has 0 fully saturated rings. The Morgan fingerprint density at radius 1 is 1.32 bits per heavy atom. The van der Waals surface area contributed by atoms with Gasteiger partial charge in [-0.25, -0.2) is 0 Å². The van der Waals surface area contributed by atoms with E-state index in [2.05, 4.69) is 0 Å². The number of carbonyl (C=O) groups is 1. The van der Waals surface area contributed by atoms with Crippen LogP contribution in [0.1, 0.15) is 18.9 Å². The van der Waals surface area contributed by atoms with E-state index in [1.165, 1.54) is 6.92 Å². The first-order chi connectivity index (χ1) is 9.22. The summed E-state index contributed by atoms with van der Waals surface area (Å²) >= 11 is 0. The van der Waals surface area contributed by atoms with Crippen LogP contribution in [0.5, 0.6) is 0 Å². The van der Waals surface area contributed by atoms with Crippen molar-refractivity contribution in [2.75, 3.05) is 13.2 Å². The lowest BCUT2D eigenvalue weighted by atomic mass is 10.2. The Morgan fingerprint density at radius 3 is 2.68 bits per heavy atom. The number of esters is 1. The quantitative estimate of drug-likeness (QED) is 0.577. The first kappa shape index (κ1) is 15.4. The van der Waals surface area contributed by atoms with Gasteiger partial charge in [0.15, 0.2) is 0 Å². The fourth-order valence-corrected chi connectivity index (χ4v) is 1.59. The summed E-state index contributed by atoms with van der Waals surface area (Å²) in [4.78, 5) is 11.0. The van der Waals surface area contributed by atoms with Crippen LogP contribution in [-0.4, -0.2) is 30.4 Å². The summed E-state index contributed by atoms with van der Waals surface area (Å²) in [7, 11) is 0. The van der Waals surface area contributed by atoms with Crippen molar-refractivity contribution < 1.29 is 19.4 Å². The number of hydrogen-bond donors (Lipinski definition) is 1. The summed E-state index contributed by atoms with van der Waals surface area (Å²) in [5, 5.41) is 8.66. The predicted octanol–water partition coefficient (Wildman–Crippen LogP) is 2.07. The molecule has 0 aliphatic carbocycles. The molecule has 1 rings (SSSR count). The minimum atomic E-state index is -0.328. The number of ether oxygens (including phenoxy) is 2. The molecule has 0 aromatic heterocycles. The van der Waals surface area contributed by atoms with Gasteiger partial charge >= 0.3 is 5.97 Å². The van der Waals surface area contributed by atoms with Gasteiger partial charge in [-0.15, -0.1) is 0 Å². The van der Waals surface area contributed by atoms with Crippen LogP contribution >= 0.6 is 0 Å². The molecule has 0 spiro atoms. The van der Waals surface area contributed by atoms with Gasteiger partial charge in [0.1, 0.15) is 6.10 Å². The molecule has 1 aromatic rings. The summed E-state index contributed by atoms with van der Waals surface area (Å²) in [6, 6.07) is 9.81. The Bertz CT molecular complexity index is 386. The van der Waals surface area contributed by atoms with Crippen LogP contribution in [0.4, 0.5) is 0 Å². The fraction of sp³-hybridized carbons (Fsp3) is 0.400. The Labute approximate surface area is 113 Å². The highest BCUT2D eigenvalue weighted by Crippen LogP contribution is 2.05. The Morgan fingerprint density at radius 2 is 2.05 bits per heavy atom. The maximum atomic E-state index is 11.0. The summed E-state index contributed by atoms with van der Waals surface area (Å²) in [5.74, 6) is -0.328. The number of carbonyl (C=O) groups excluding carboxylic acids is 1. The normalized spacial score (nSPS) is 12.5. The molecule has 1 atom stereocenters. The van der Waals surface area contributed by atoms with Crippen molar-refractivity contribution in [2.24, 2.45) is 0 Å². The van der Waals surface area contributed by atoms with Crippen molar-refractivity contribution in [2.45, 2.75) is 26.1 Å². The summed E-state index contributed by atoms with van der Waals surface area (Å²) in [6.07, 6.45) is 3.62. The maximum absolute atomic E-state index is 11.0. The van der Waals surface area contributed by atoms with Gasteiger partial charge in [-0.1, -0.05) is 42.5 Å². The third kappa shape index (κ3) is 7.39. The average molecular weight is 264 g/mol. The van der Waals surface area contributed by atoms with Crippen LogP contribution in [0.3, 0.4) is 0 Å². The van der Waals surface area contributed by atoms with Crippen molar-refractivity contribution in [1.82, 2.24) is 0 Å². The predicted molar refractivity (Wildman–Crippen MR) is 72.5 cm³/mol. The molecule has 0 heterocycles. The van der Waals surface area contributed by atoms with Crippen LogP contribution in [0.25, 0.3) is 0 Å². The van der Waals surface area contributed by atoms with E-state index in [1.807, 2.05) is 30.3 Å². The Hall–Kier alpha value is -1.65. The molecule has 0 unspecified atom stereocenters. The fourth-order valence-electron chi connectivity index (χ4n) is 1.59. The molecule has 104 valence electrons. The molecule has 0 radical (unpaired) electrons. The molecular formula is C15H20O4. The first-order valence-electron chi connectivity index (χ1n) is 6.27. The van der Waals surface area contributed by atoms with E-state index in [1.54, 1.807) is 12.2 Å². The van der Waals surface area contributed by atoms with Gasteiger partial charge in [0.25, 0.3) is 0 Å². The highest BCUT2D eigenvalue weighted by molar-refractivity contribution is 5.66. The van der Waals surface area contributed by atoms with Gasteiger partial charge < -0.3 is 14.6 Å². The van der Waals surface area contributed by atoms with Gasteiger partial charge in [0.05, 0.1) is 19.8 Å². The maximum Gasteiger partial charge on any atom is 0.302 e. The molecule has 0 bridgehead atoms. The van der Waals surface area contributed by atoms with Gasteiger partial charge in [-0.3, -0.25) is 4.79 Å². The smallest absolute Gasteiger partial charge is 0.302 e. The van der Waals surface area contributed by atoms with Crippen molar-refractivity contribution in [3.63, 3.8) is 0 Å². The molecule has 0 saturated carbocycles. The van der Waals surface area contributed by atoms with Crippen LogP contribution in [0.15, 0.2) is 42.5 Å². The van der Waals surface area contributed by atoms with Crippen molar-refractivity contribution >= 4 is 5.97 Å². The minimum Gasteiger partial charge on any atom is -0.460 e. The molecular weight excluding hydrogens is 244 g/mol. The monoisotopic (exact) mass is 264 g/mol. The highest BCUT2D eigenvalue weighted by atomic mass is 16.6. The second-order valence-electron chi connectivity index (χ2n) is 4.12. The number of aliphatic hydroxyl groups excluding tert-OH is 1. The van der Waals surface area contributed by atoms with Crippen molar-refractivity contribution in [3.8, 4) is 0 Å². The topological polar surface area (TPSA) is 55.8 Å². The van der Waals surface area contributed by atoms with E-state index >= 15 is 0 Å². The average Bonchev–Trinajstić information content (AvgIpc) is 2.39. The lowest BCUT2D eigenvalue weighted by Gasteiger charge is -2.15. The van der Waals surface area contributed by atoms with Crippen LogP contribution in [-0.2, 0) is 20.9 Å². The standard InChI is InChI=1S/C15H20O4/c1-13(17)19-15(9-5-6-10-16)12-18-11-14-7-3-2-4-8-14/h2-8,15-16H,9-12H2,1H3/b6-5-/t15-/m0/s1. The Balaban J connectivity index is 2.35. The summed E-state index contributed by atoms with van der Waals surface area (Å²) in [5.41, 5.74) is 1.08. The largest absolute Gasteiger partial charge is 0.460 e. The molecule has 0 amide bonds. The molecule has 0 aliphatic rings. The van der Waals surface area contributed by atoms with Gasteiger partial charge in [0.2, 0.25) is 0 Å². The molecule has 0 aliphatic heterocycles. The summed E-state index contributed by atoms with van der Waals surface area (Å²) < 4.78 is 10.7. The number of rotatable bonds is 8. The molecule has 1 N–H and O–H groups in total. The van der Waals surface area contributed by atoms with Gasteiger partial charge in [-0.2, -0.15) is 0 Å². The van der Waals surface area contributed by atoms with Crippen molar-refractivity contribution in [3.05, 3.63) is 48.0 Å². The third-order valence-corrected chi connectivity index (χ3v) is 2.42. The number of aliphatic hydroxyl groups is 1. The zero-order valence-electron chi connectivity index (χ0n) is 11.1. The van der Waals surface area contributed by atoms with Gasteiger partial charge in [-0.05, 0) is 5.56 Å². The second-order valence-corrected chi connectivity index (χ2v) is 4.12. The van der Waals surface area contributed by atoms with E-state index in [-0.39, 0.29) is 18.7 Å². The van der Waals surface area contributed by atoms with E-state index in [9.17, 15) is 4.79 Å². The summed E-state index contributed by atoms with van der Waals surface area (Å²) in [6.45, 7) is 2.18. The van der Waals surface area contributed by atoms with E-state index in [4.69, 9.17) is 14.6 Å². The SMILES string of the molecule is CC(=O)O[C@@H](C/C=C\CO)COCc1ccccc1. The van der Waals surface area contributed by atoms with Crippen LogP contribution < -0.4 is 0 Å². The first-order valence-corrected chi connectivity index (χ1v) is 6.27. The van der Waals surface area contributed by atoms with E-state index < -0.39 is 0 Å². The number of hydrogen-bond acceptors (Lipinski definition) is 4. The molecule has 4 heteroatoms. The zero-order chi connectivity index (χ0) is 13.9.